The van der Waals surface area contributed by atoms with Crippen LogP contribution in [0.1, 0.15) is 42.5 Å². The first-order chi connectivity index (χ1) is 12.0. The van der Waals surface area contributed by atoms with Crippen molar-refractivity contribution in [1.82, 2.24) is 14.6 Å². The molecule has 0 fully saturated rings. The number of rotatable bonds is 2. The number of carboxylic acids is 1. The Hall–Kier alpha value is -2.90. The fourth-order valence-corrected chi connectivity index (χ4v) is 2.57. The molecule has 136 valence electrons. The van der Waals surface area contributed by atoms with Gasteiger partial charge in [0.15, 0.2) is 17.0 Å². The molecule has 3 aromatic rings. The first-order valence-corrected chi connectivity index (χ1v) is 7.79. The van der Waals surface area contributed by atoms with Gasteiger partial charge in [-0.15, -0.1) is 0 Å². The van der Waals surface area contributed by atoms with E-state index in [0.717, 1.165) is 17.7 Å². The van der Waals surface area contributed by atoms with Gasteiger partial charge < -0.3 is 5.11 Å². The summed E-state index contributed by atoms with van der Waals surface area (Å²) in [7, 11) is 0. The van der Waals surface area contributed by atoms with Crippen LogP contribution in [0.5, 0.6) is 0 Å². The van der Waals surface area contributed by atoms with Crippen LogP contribution < -0.4 is 0 Å². The summed E-state index contributed by atoms with van der Waals surface area (Å²) < 4.78 is 40.7. The molecule has 5 nitrogen and oxygen atoms in total. The zero-order chi connectivity index (χ0) is 19.3. The van der Waals surface area contributed by atoms with Crippen LogP contribution in [0.4, 0.5) is 13.2 Å². The number of alkyl halides is 3. The van der Waals surface area contributed by atoms with Crippen molar-refractivity contribution in [3.8, 4) is 11.3 Å². The van der Waals surface area contributed by atoms with Crippen molar-refractivity contribution in [3.63, 3.8) is 0 Å². The van der Waals surface area contributed by atoms with E-state index in [-0.39, 0.29) is 16.8 Å². The maximum Gasteiger partial charge on any atom is 0.433 e. The maximum atomic E-state index is 13.4. The van der Waals surface area contributed by atoms with Crippen LogP contribution in [-0.4, -0.2) is 25.7 Å². The Balaban J connectivity index is 2.19. The number of aromatic carboxylic acids is 1. The Morgan fingerprint density at radius 3 is 2.19 bits per heavy atom. The van der Waals surface area contributed by atoms with E-state index in [1.165, 1.54) is 0 Å². The van der Waals surface area contributed by atoms with Crippen LogP contribution in [-0.2, 0) is 11.6 Å². The van der Waals surface area contributed by atoms with Gasteiger partial charge in [0.25, 0.3) is 0 Å². The third-order valence-electron chi connectivity index (χ3n) is 3.98. The highest BCUT2D eigenvalue weighted by atomic mass is 19.4. The summed E-state index contributed by atoms with van der Waals surface area (Å²) >= 11 is 0. The van der Waals surface area contributed by atoms with E-state index in [0.29, 0.717) is 10.1 Å². The van der Waals surface area contributed by atoms with Gasteiger partial charge >= 0.3 is 12.1 Å². The molecule has 26 heavy (non-hydrogen) atoms. The third kappa shape index (κ3) is 3.26. The average Bonchev–Trinajstić information content (AvgIpc) is 2.96. The van der Waals surface area contributed by atoms with Gasteiger partial charge in [-0.2, -0.15) is 18.3 Å². The van der Waals surface area contributed by atoms with Gasteiger partial charge in [0.1, 0.15) is 0 Å². The minimum Gasteiger partial charge on any atom is -0.476 e. The molecule has 8 heteroatoms. The molecule has 2 aromatic heterocycles. The average molecular weight is 363 g/mol. The summed E-state index contributed by atoms with van der Waals surface area (Å²) in [6, 6.07) is 8.98. The van der Waals surface area contributed by atoms with Crippen molar-refractivity contribution in [2.24, 2.45) is 0 Å². The van der Waals surface area contributed by atoms with Crippen LogP contribution in [0.3, 0.4) is 0 Å². The lowest BCUT2D eigenvalue weighted by molar-refractivity contribution is -0.142. The summed E-state index contributed by atoms with van der Waals surface area (Å²) in [4.78, 5) is 15.2. The van der Waals surface area contributed by atoms with Crippen LogP contribution in [0.15, 0.2) is 36.4 Å². The fourth-order valence-electron chi connectivity index (χ4n) is 2.57. The normalized spacial score (nSPS) is 12.5. The van der Waals surface area contributed by atoms with Gasteiger partial charge in [0.05, 0.1) is 5.69 Å². The molecular formula is C18H16F3N3O2. The zero-order valence-electron chi connectivity index (χ0n) is 14.3. The highest BCUT2D eigenvalue weighted by molar-refractivity contribution is 5.86. The Bertz CT molecular complexity index is 984. The van der Waals surface area contributed by atoms with E-state index in [2.05, 4.69) is 10.1 Å². The molecule has 1 N–H and O–H groups in total. The first kappa shape index (κ1) is 17.9. The monoisotopic (exact) mass is 363 g/mol. The minimum atomic E-state index is -4.71. The molecule has 0 unspecified atom stereocenters. The minimum absolute atomic E-state index is 0.0884. The highest BCUT2D eigenvalue weighted by Gasteiger charge is 2.35. The molecule has 0 saturated carbocycles. The molecule has 0 amide bonds. The molecule has 0 aliphatic rings. The van der Waals surface area contributed by atoms with Crippen LogP contribution in [0.2, 0.25) is 0 Å². The van der Waals surface area contributed by atoms with Crippen molar-refractivity contribution in [1.29, 1.82) is 0 Å². The van der Waals surface area contributed by atoms with E-state index < -0.39 is 23.5 Å². The molecule has 2 heterocycles. The Morgan fingerprint density at radius 1 is 1.08 bits per heavy atom. The number of hydrogen-bond donors (Lipinski definition) is 1. The summed E-state index contributed by atoms with van der Waals surface area (Å²) in [5.41, 5.74) is -0.197. The largest absolute Gasteiger partial charge is 0.476 e. The van der Waals surface area contributed by atoms with E-state index in [1.54, 1.807) is 12.1 Å². The molecular weight excluding hydrogens is 347 g/mol. The Labute approximate surface area is 147 Å². The number of nitrogens with zero attached hydrogens (tertiary/aromatic N) is 3. The lowest BCUT2D eigenvalue weighted by Crippen LogP contribution is -2.14. The number of fused-ring (bicyclic) bond motifs is 1. The number of hydrogen-bond acceptors (Lipinski definition) is 3. The third-order valence-corrected chi connectivity index (χ3v) is 3.98. The molecule has 0 saturated heterocycles. The second-order valence-corrected chi connectivity index (χ2v) is 6.96. The SMILES string of the molecule is CC(C)(C)c1ccc(-c2cc(C(F)(F)F)n3nc(C(=O)O)cc3n2)cc1. The standard InChI is InChI=1S/C18H16F3N3O2/c1-17(2,3)11-6-4-10(5-7-11)12-8-14(18(19,20)21)24-15(22-12)9-13(23-24)16(25)26/h4-9H,1-3H3,(H,25,26). The van der Waals surface area contributed by atoms with Gasteiger partial charge in [0, 0.05) is 11.6 Å². The number of carboxylic acid groups (broad SMARTS) is 1. The Kier molecular flexibility index (Phi) is 4.01. The number of benzene rings is 1. The first-order valence-electron chi connectivity index (χ1n) is 7.79. The second-order valence-electron chi connectivity index (χ2n) is 6.96. The summed E-state index contributed by atoms with van der Waals surface area (Å²) in [5, 5.41) is 12.5. The van der Waals surface area contributed by atoms with Gasteiger partial charge in [-0.05, 0) is 17.0 Å². The molecule has 0 aliphatic carbocycles. The van der Waals surface area contributed by atoms with Gasteiger partial charge in [-0.25, -0.2) is 14.3 Å². The lowest BCUT2D eigenvalue weighted by Gasteiger charge is -2.19. The second kappa shape index (κ2) is 5.82. The quantitative estimate of drug-likeness (QED) is 0.732. The van der Waals surface area contributed by atoms with Crippen molar-refractivity contribution in [2.75, 3.05) is 0 Å². The molecule has 0 atom stereocenters. The molecule has 1 aromatic carbocycles. The fraction of sp³-hybridized carbons (Fsp3) is 0.278. The molecule has 0 radical (unpaired) electrons. The van der Waals surface area contributed by atoms with E-state index >= 15 is 0 Å². The lowest BCUT2D eigenvalue weighted by atomic mass is 9.86. The Morgan fingerprint density at radius 2 is 1.69 bits per heavy atom. The van der Waals surface area contributed by atoms with Crippen LogP contribution in [0, 0.1) is 0 Å². The predicted molar refractivity (Wildman–Crippen MR) is 89.1 cm³/mol. The van der Waals surface area contributed by atoms with E-state index in [4.69, 9.17) is 5.11 Å². The zero-order valence-corrected chi connectivity index (χ0v) is 14.3. The number of carbonyl (C=O) groups is 1. The van der Waals surface area contributed by atoms with Gasteiger partial charge in [-0.1, -0.05) is 45.0 Å². The van der Waals surface area contributed by atoms with Crippen molar-refractivity contribution in [3.05, 3.63) is 53.3 Å². The van der Waals surface area contributed by atoms with Crippen molar-refractivity contribution >= 4 is 11.6 Å². The van der Waals surface area contributed by atoms with E-state index in [1.807, 2.05) is 32.9 Å². The van der Waals surface area contributed by atoms with E-state index in [9.17, 15) is 18.0 Å². The van der Waals surface area contributed by atoms with Crippen molar-refractivity contribution in [2.45, 2.75) is 32.4 Å². The smallest absolute Gasteiger partial charge is 0.433 e. The maximum absolute atomic E-state index is 13.4. The summed E-state index contributed by atoms with van der Waals surface area (Å²) in [5.74, 6) is -1.42. The van der Waals surface area contributed by atoms with Crippen LogP contribution in [0.25, 0.3) is 16.9 Å². The number of aromatic nitrogens is 3. The molecule has 0 spiro atoms. The highest BCUT2D eigenvalue weighted by Crippen LogP contribution is 2.33. The molecule has 0 bridgehead atoms. The summed E-state index contributed by atoms with van der Waals surface area (Å²) in [6.45, 7) is 6.11. The van der Waals surface area contributed by atoms with Gasteiger partial charge in [0.2, 0.25) is 0 Å². The summed E-state index contributed by atoms with van der Waals surface area (Å²) in [6.07, 6.45) is -4.71. The number of halogens is 3. The van der Waals surface area contributed by atoms with Crippen LogP contribution >= 0.6 is 0 Å². The molecule has 0 aliphatic heterocycles. The molecule has 3 rings (SSSR count). The van der Waals surface area contributed by atoms with Crippen molar-refractivity contribution < 1.29 is 23.1 Å². The topological polar surface area (TPSA) is 67.5 Å². The predicted octanol–water partition coefficient (Wildman–Crippen LogP) is 4.41. The van der Waals surface area contributed by atoms with Gasteiger partial charge in [-0.3, -0.25) is 0 Å².